The largest absolute Gasteiger partial charge is 0.197 e. The van der Waals surface area contributed by atoms with Crippen molar-refractivity contribution >= 4 is 67.9 Å². The molecule has 6 rings (SSSR count). The van der Waals surface area contributed by atoms with E-state index in [2.05, 4.69) is 84.9 Å². The van der Waals surface area contributed by atoms with E-state index < -0.39 is 0 Å². The number of hydrogen-bond donors (Lipinski definition) is 0. The highest BCUT2D eigenvalue weighted by Crippen LogP contribution is 2.36. The second-order valence-electron chi connectivity index (χ2n) is 6.63. The molecule has 2 heteroatoms. The second-order valence-corrected chi connectivity index (χ2v) is 7.45. The van der Waals surface area contributed by atoms with Crippen molar-refractivity contribution in [3.05, 3.63) is 108 Å². The summed E-state index contributed by atoms with van der Waals surface area (Å²) >= 11 is 1.71. The molecule has 5 aromatic carbocycles. The third-order valence-corrected chi connectivity index (χ3v) is 5.66. The lowest BCUT2D eigenvalue weighted by atomic mass is 9.92. The summed E-state index contributed by atoms with van der Waals surface area (Å²) in [5.74, 6) is 0. The van der Waals surface area contributed by atoms with E-state index in [4.69, 9.17) is 0 Å². The van der Waals surface area contributed by atoms with Gasteiger partial charge < -0.3 is 0 Å². The molecule has 0 fully saturated rings. The SMILES string of the molecule is S.c1ccc2cc3c4ccccc4c4ccccc4c3cc2c1.c1ccsc1. The van der Waals surface area contributed by atoms with Gasteiger partial charge in [-0.25, -0.2) is 0 Å². The molecule has 136 valence electrons. The van der Waals surface area contributed by atoms with E-state index in [1.54, 1.807) is 11.3 Å². The van der Waals surface area contributed by atoms with Crippen LogP contribution in [0.25, 0.3) is 43.1 Å². The van der Waals surface area contributed by atoms with Crippen molar-refractivity contribution in [3.8, 4) is 0 Å². The van der Waals surface area contributed by atoms with Gasteiger partial charge in [-0.2, -0.15) is 24.8 Å². The van der Waals surface area contributed by atoms with Crippen molar-refractivity contribution in [2.45, 2.75) is 0 Å². The molecular weight excluding hydrogens is 376 g/mol. The van der Waals surface area contributed by atoms with Gasteiger partial charge in [-0.1, -0.05) is 84.9 Å². The number of rotatable bonds is 0. The molecule has 0 saturated carbocycles. The molecule has 0 amide bonds. The first kappa shape index (κ1) is 18.5. The highest BCUT2D eigenvalue weighted by molar-refractivity contribution is 7.59. The van der Waals surface area contributed by atoms with Crippen molar-refractivity contribution in [3.63, 3.8) is 0 Å². The summed E-state index contributed by atoms with van der Waals surface area (Å²) in [4.78, 5) is 0. The van der Waals surface area contributed by atoms with Crippen LogP contribution in [0.4, 0.5) is 0 Å². The first-order chi connectivity index (χ1) is 13.4. The van der Waals surface area contributed by atoms with Crippen LogP contribution in [0.2, 0.25) is 0 Å². The van der Waals surface area contributed by atoms with Crippen LogP contribution < -0.4 is 0 Å². The van der Waals surface area contributed by atoms with Crippen LogP contribution in [-0.2, 0) is 0 Å². The molecule has 0 saturated heterocycles. The molecule has 1 aromatic heterocycles. The van der Waals surface area contributed by atoms with Gasteiger partial charge in [0.25, 0.3) is 0 Å². The number of thiophene rings is 1. The zero-order valence-corrected chi connectivity index (χ0v) is 17.1. The van der Waals surface area contributed by atoms with Gasteiger partial charge in [-0.05, 0) is 66.0 Å². The molecule has 0 N–H and O–H groups in total. The predicted molar refractivity (Wildman–Crippen MR) is 131 cm³/mol. The lowest BCUT2D eigenvalue weighted by Crippen LogP contribution is -1.83. The lowest BCUT2D eigenvalue weighted by molar-refractivity contribution is 1.78. The standard InChI is InChI=1S/C22H14.C4H4S.H2S/c1-2-8-16-14-22-20-12-6-4-10-18(20)17-9-3-5-11-19(17)21(22)13-15(16)7-1;1-2-4-5-3-1;/h1-14H;1-4H;1H2. The Bertz CT molecular complexity index is 1250. The highest BCUT2D eigenvalue weighted by Gasteiger charge is 2.08. The molecule has 0 aliphatic rings. The Hall–Kier alpha value is -2.81. The Balaban J connectivity index is 0.000000282. The third-order valence-electron chi connectivity index (χ3n) is 5.04. The van der Waals surface area contributed by atoms with E-state index in [1.807, 2.05) is 22.9 Å². The Kier molecular flexibility index (Phi) is 5.34. The quantitative estimate of drug-likeness (QED) is 0.179. The minimum absolute atomic E-state index is 0. The smallest absolute Gasteiger partial charge is 0.00926 e. The Morgan fingerprint density at radius 3 is 1.11 bits per heavy atom. The summed E-state index contributed by atoms with van der Waals surface area (Å²) in [6.07, 6.45) is 0. The minimum atomic E-state index is 0. The van der Waals surface area contributed by atoms with E-state index in [1.165, 1.54) is 43.1 Å². The average molecular weight is 397 g/mol. The van der Waals surface area contributed by atoms with Crippen LogP contribution in [0.5, 0.6) is 0 Å². The maximum Gasteiger partial charge on any atom is -0.00926 e. The summed E-state index contributed by atoms with van der Waals surface area (Å²) in [5.41, 5.74) is 0. The molecule has 0 nitrogen and oxygen atoms in total. The summed E-state index contributed by atoms with van der Waals surface area (Å²) in [5, 5.41) is 14.7. The van der Waals surface area contributed by atoms with Crippen LogP contribution in [0.15, 0.2) is 108 Å². The van der Waals surface area contributed by atoms with Gasteiger partial charge in [-0.15, -0.1) is 0 Å². The zero-order valence-electron chi connectivity index (χ0n) is 15.3. The molecule has 0 aliphatic carbocycles. The van der Waals surface area contributed by atoms with E-state index in [9.17, 15) is 0 Å². The maximum atomic E-state index is 2.33. The van der Waals surface area contributed by atoms with Crippen LogP contribution in [0, 0.1) is 0 Å². The fourth-order valence-corrected chi connectivity index (χ4v) is 4.27. The summed E-state index contributed by atoms with van der Waals surface area (Å²) in [6.45, 7) is 0. The maximum absolute atomic E-state index is 2.33. The summed E-state index contributed by atoms with van der Waals surface area (Å²) in [7, 11) is 0. The highest BCUT2D eigenvalue weighted by atomic mass is 32.1. The minimum Gasteiger partial charge on any atom is -0.197 e. The molecule has 0 unspecified atom stereocenters. The zero-order chi connectivity index (χ0) is 18.1. The molecule has 0 radical (unpaired) electrons. The van der Waals surface area contributed by atoms with Crippen LogP contribution in [-0.4, -0.2) is 0 Å². The number of benzene rings is 5. The Labute approximate surface area is 175 Å². The van der Waals surface area contributed by atoms with E-state index in [-0.39, 0.29) is 13.5 Å². The second kappa shape index (κ2) is 8.05. The summed E-state index contributed by atoms with van der Waals surface area (Å²) in [6, 6.07) is 34.7. The van der Waals surface area contributed by atoms with Gasteiger partial charge in [0.15, 0.2) is 0 Å². The first-order valence-electron chi connectivity index (χ1n) is 9.11. The van der Waals surface area contributed by atoms with E-state index in [0.717, 1.165) is 0 Å². The first-order valence-corrected chi connectivity index (χ1v) is 10.1. The fourth-order valence-electron chi connectivity index (χ4n) is 3.82. The molecule has 0 bridgehead atoms. The van der Waals surface area contributed by atoms with Gasteiger partial charge in [0.1, 0.15) is 0 Å². The van der Waals surface area contributed by atoms with E-state index >= 15 is 0 Å². The third kappa shape index (κ3) is 3.26. The summed E-state index contributed by atoms with van der Waals surface area (Å²) < 4.78 is 0. The lowest BCUT2D eigenvalue weighted by Gasteiger charge is -2.11. The van der Waals surface area contributed by atoms with Crippen molar-refractivity contribution in [2.75, 3.05) is 0 Å². The Morgan fingerprint density at radius 1 is 0.393 bits per heavy atom. The molecule has 0 aliphatic heterocycles. The molecule has 1 heterocycles. The van der Waals surface area contributed by atoms with E-state index in [0.29, 0.717) is 0 Å². The Morgan fingerprint density at radius 2 is 0.750 bits per heavy atom. The number of fused-ring (bicyclic) bond motifs is 7. The number of hydrogen-bond acceptors (Lipinski definition) is 1. The van der Waals surface area contributed by atoms with Gasteiger partial charge >= 0.3 is 0 Å². The van der Waals surface area contributed by atoms with Crippen molar-refractivity contribution in [2.24, 2.45) is 0 Å². The van der Waals surface area contributed by atoms with Gasteiger partial charge in [0.2, 0.25) is 0 Å². The molecule has 0 atom stereocenters. The average Bonchev–Trinajstić information content (AvgIpc) is 3.33. The molecule has 6 aromatic rings. The topological polar surface area (TPSA) is 0 Å². The van der Waals surface area contributed by atoms with Crippen molar-refractivity contribution in [1.82, 2.24) is 0 Å². The van der Waals surface area contributed by atoms with Crippen molar-refractivity contribution < 1.29 is 0 Å². The monoisotopic (exact) mass is 396 g/mol. The predicted octanol–water partition coefficient (Wildman–Crippen LogP) is 8.16. The van der Waals surface area contributed by atoms with Crippen molar-refractivity contribution in [1.29, 1.82) is 0 Å². The molecule has 28 heavy (non-hydrogen) atoms. The van der Waals surface area contributed by atoms with Crippen LogP contribution in [0.1, 0.15) is 0 Å². The molecule has 0 spiro atoms. The van der Waals surface area contributed by atoms with Gasteiger partial charge in [0, 0.05) is 0 Å². The normalized spacial score (nSPS) is 10.6. The fraction of sp³-hybridized carbons (Fsp3) is 0. The van der Waals surface area contributed by atoms with Gasteiger partial charge in [0.05, 0.1) is 0 Å². The van der Waals surface area contributed by atoms with Gasteiger partial charge in [-0.3, -0.25) is 0 Å². The van der Waals surface area contributed by atoms with Crippen LogP contribution in [0.3, 0.4) is 0 Å². The molecular formula is C26H20S2. The van der Waals surface area contributed by atoms with Crippen LogP contribution >= 0.6 is 24.8 Å².